The molecule has 13 nitrogen and oxygen atoms in total. The summed E-state index contributed by atoms with van der Waals surface area (Å²) in [5.74, 6) is 0.0793. The van der Waals surface area contributed by atoms with Crippen molar-refractivity contribution in [1.82, 2.24) is 39.9 Å². The zero-order chi connectivity index (χ0) is 28.3. The smallest absolute Gasteiger partial charge is 0.320 e. The van der Waals surface area contributed by atoms with E-state index in [1.54, 1.807) is 10.6 Å². The molecule has 41 heavy (non-hydrogen) atoms. The Hall–Kier alpha value is -4.94. The molecule has 0 aliphatic carbocycles. The Labute approximate surface area is 235 Å². The van der Waals surface area contributed by atoms with Gasteiger partial charge in [0, 0.05) is 31.6 Å². The number of allylic oxidation sites excluding steroid dienone is 1. The van der Waals surface area contributed by atoms with E-state index in [0.717, 1.165) is 29.7 Å². The first kappa shape index (κ1) is 26.3. The van der Waals surface area contributed by atoms with E-state index in [0.29, 0.717) is 74.5 Å². The number of carbonyl (C=O) groups excluding carboxylic acids is 2. The topological polar surface area (TPSA) is 177 Å². The van der Waals surface area contributed by atoms with Crippen molar-refractivity contribution >= 4 is 28.8 Å². The minimum absolute atomic E-state index is 0.137. The van der Waals surface area contributed by atoms with Gasteiger partial charge >= 0.3 is 6.01 Å². The van der Waals surface area contributed by atoms with Crippen molar-refractivity contribution in [3.8, 4) is 23.3 Å². The van der Waals surface area contributed by atoms with Gasteiger partial charge in [0.2, 0.25) is 5.91 Å². The maximum atomic E-state index is 12.7. The summed E-state index contributed by atoms with van der Waals surface area (Å²) in [6.45, 7) is 2.58. The summed E-state index contributed by atoms with van der Waals surface area (Å²) in [6, 6.07) is 7.61. The molecule has 1 saturated heterocycles. The lowest BCUT2D eigenvalue weighted by atomic mass is 9.98. The van der Waals surface area contributed by atoms with E-state index in [2.05, 4.69) is 36.5 Å². The number of nitrogen functional groups attached to an aromatic ring is 1. The molecule has 3 aromatic heterocycles. The number of H-pyrrole nitrogens is 1. The quantitative estimate of drug-likeness (QED) is 0.204. The first-order valence-corrected chi connectivity index (χ1v) is 13.7. The van der Waals surface area contributed by atoms with Crippen molar-refractivity contribution in [3.05, 3.63) is 53.2 Å². The van der Waals surface area contributed by atoms with Gasteiger partial charge in [-0.05, 0) is 42.9 Å². The number of fused-ring (bicyclic) bond motifs is 3. The predicted octanol–water partition coefficient (Wildman–Crippen LogP) is 2.18. The lowest BCUT2D eigenvalue weighted by molar-refractivity contribution is -0.127. The van der Waals surface area contributed by atoms with Gasteiger partial charge in [0.05, 0.1) is 18.8 Å². The Balaban J connectivity index is 1.21. The number of nitrogens with zero attached hydrogens (tertiary/aromatic N) is 6. The maximum absolute atomic E-state index is 12.7. The number of aromatic amines is 1. The average molecular weight is 558 g/mol. The van der Waals surface area contributed by atoms with Crippen molar-refractivity contribution in [2.75, 3.05) is 32.0 Å². The van der Waals surface area contributed by atoms with Crippen LogP contribution in [0.3, 0.4) is 0 Å². The molecule has 0 radical (unpaired) electrons. The van der Waals surface area contributed by atoms with Gasteiger partial charge in [0.1, 0.15) is 5.69 Å². The second kappa shape index (κ2) is 11.3. The molecular weight excluding hydrogens is 526 g/mol. The van der Waals surface area contributed by atoms with Crippen LogP contribution in [0.25, 0.3) is 22.4 Å². The number of carbonyl (C=O) groups is 2. The fourth-order valence-corrected chi connectivity index (χ4v) is 5.18. The third kappa shape index (κ3) is 5.55. The minimum atomic E-state index is -0.243. The van der Waals surface area contributed by atoms with Crippen LogP contribution in [-0.4, -0.2) is 77.8 Å². The Morgan fingerprint density at radius 2 is 2.10 bits per heavy atom. The number of anilines is 1. The summed E-state index contributed by atoms with van der Waals surface area (Å²) in [5, 5.41) is 20.7. The number of benzene rings is 1. The lowest BCUT2D eigenvalue weighted by Gasteiger charge is -2.15. The van der Waals surface area contributed by atoms with Gasteiger partial charge in [0.25, 0.3) is 11.9 Å². The van der Waals surface area contributed by atoms with Crippen LogP contribution >= 0.6 is 0 Å². The molecule has 0 unspecified atom stereocenters. The highest BCUT2D eigenvalue weighted by molar-refractivity contribution is 5.93. The predicted molar refractivity (Wildman–Crippen MR) is 150 cm³/mol. The molecule has 4 aromatic rings. The van der Waals surface area contributed by atoms with Crippen LogP contribution in [-0.2, 0) is 17.8 Å². The number of nitrogens with one attached hydrogen (secondary N) is 2. The van der Waals surface area contributed by atoms with Crippen LogP contribution < -0.4 is 15.8 Å². The van der Waals surface area contributed by atoms with Crippen LogP contribution in [0.15, 0.2) is 36.4 Å². The number of nitrogens with two attached hydrogens (primary N) is 1. The molecule has 0 spiro atoms. The number of ether oxygens (including phenoxy) is 1. The van der Waals surface area contributed by atoms with Crippen molar-refractivity contribution in [2.45, 2.75) is 38.6 Å². The average Bonchev–Trinajstić information content (AvgIpc) is 3.68. The molecule has 5 heterocycles. The van der Waals surface area contributed by atoms with Gasteiger partial charge in [0.15, 0.2) is 17.0 Å². The van der Waals surface area contributed by atoms with E-state index in [-0.39, 0.29) is 29.7 Å². The Morgan fingerprint density at radius 3 is 2.95 bits per heavy atom. The molecule has 13 heteroatoms. The highest BCUT2D eigenvalue weighted by Gasteiger charge is 2.20. The van der Waals surface area contributed by atoms with E-state index in [1.807, 2.05) is 29.2 Å². The number of aromatic hydroxyl groups is 1. The molecule has 0 atom stereocenters. The Bertz CT molecular complexity index is 1640. The third-order valence-electron chi connectivity index (χ3n) is 7.27. The van der Waals surface area contributed by atoms with Crippen molar-refractivity contribution in [1.29, 1.82) is 0 Å². The van der Waals surface area contributed by atoms with Gasteiger partial charge in [-0.3, -0.25) is 19.3 Å². The number of hydrogen-bond donors (Lipinski definition) is 4. The number of imidazole rings is 1. The van der Waals surface area contributed by atoms with Gasteiger partial charge in [-0.15, -0.1) is 0 Å². The first-order valence-electron chi connectivity index (χ1n) is 13.7. The molecule has 2 aliphatic rings. The molecule has 5 N–H and O–H groups in total. The van der Waals surface area contributed by atoms with Crippen molar-refractivity contribution in [2.24, 2.45) is 0 Å². The highest BCUT2D eigenvalue weighted by Crippen LogP contribution is 2.29. The number of likely N-dealkylation sites (tertiary alicyclic amines) is 1. The van der Waals surface area contributed by atoms with Crippen LogP contribution in [0.5, 0.6) is 12.0 Å². The molecule has 1 aromatic carbocycles. The van der Waals surface area contributed by atoms with Gasteiger partial charge in [-0.25, -0.2) is 0 Å². The third-order valence-corrected chi connectivity index (χ3v) is 7.27. The lowest BCUT2D eigenvalue weighted by Crippen LogP contribution is -2.30. The Morgan fingerprint density at radius 1 is 1.20 bits per heavy atom. The second-order valence-electron chi connectivity index (χ2n) is 10.1. The van der Waals surface area contributed by atoms with E-state index in [4.69, 9.17) is 10.5 Å². The molecule has 4 bridgehead atoms. The van der Waals surface area contributed by atoms with Crippen molar-refractivity contribution < 1.29 is 19.4 Å². The number of hydrogen-bond acceptors (Lipinski definition) is 9. The molecule has 0 saturated carbocycles. The summed E-state index contributed by atoms with van der Waals surface area (Å²) in [6.07, 6.45) is 7.57. The molecule has 212 valence electrons. The van der Waals surface area contributed by atoms with Crippen LogP contribution in [0, 0.1) is 0 Å². The second-order valence-corrected chi connectivity index (χ2v) is 10.1. The minimum Gasteiger partial charge on any atom is -0.480 e. The largest absolute Gasteiger partial charge is 0.480 e. The van der Waals surface area contributed by atoms with Gasteiger partial charge < -0.3 is 25.8 Å². The zero-order valence-corrected chi connectivity index (χ0v) is 22.5. The van der Waals surface area contributed by atoms with E-state index >= 15 is 0 Å². The summed E-state index contributed by atoms with van der Waals surface area (Å²) in [5.41, 5.74) is 10.6. The van der Waals surface area contributed by atoms with Crippen LogP contribution in [0.1, 0.15) is 47.3 Å². The van der Waals surface area contributed by atoms with Gasteiger partial charge in [-0.2, -0.15) is 20.1 Å². The molecule has 6 rings (SSSR count). The highest BCUT2D eigenvalue weighted by atomic mass is 16.5. The fourth-order valence-electron chi connectivity index (χ4n) is 5.18. The fraction of sp³-hybridized carbons (Fsp3) is 0.357. The van der Waals surface area contributed by atoms with E-state index < -0.39 is 0 Å². The first-order chi connectivity index (χ1) is 20.0. The number of rotatable bonds is 6. The van der Waals surface area contributed by atoms with Crippen molar-refractivity contribution in [3.63, 3.8) is 0 Å². The van der Waals surface area contributed by atoms with Gasteiger partial charge in [-0.1, -0.05) is 30.4 Å². The van der Waals surface area contributed by atoms with E-state index in [1.165, 1.54) is 0 Å². The zero-order valence-electron chi connectivity index (χ0n) is 22.5. The number of amides is 2. The summed E-state index contributed by atoms with van der Waals surface area (Å²) in [4.78, 5) is 39.1. The summed E-state index contributed by atoms with van der Waals surface area (Å²) < 4.78 is 7.26. The normalized spacial score (nSPS) is 16.1. The van der Waals surface area contributed by atoms with E-state index in [9.17, 15) is 14.7 Å². The standard InChI is InChI=1S/C28H31N9O4/c29-24-23-25-33-27(32-24)41-13-3-1-2-6-18-14-17(16-37(25)28(40)31-23)8-9-19(18)20-15-21(35-34-20)26(39)30-10-5-12-36-11-4-7-22(36)38/h1-2,8-9,14-15H,3-7,10-13,16H2,(H,30,39)(H,31,40)(H,34,35)(H2,29,32,33)/b2-1+. The van der Waals surface area contributed by atoms with Crippen LogP contribution in [0.2, 0.25) is 0 Å². The maximum Gasteiger partial charge on any atom is 0.320 e. The summed E-state index contributed by atoms with van der Waals surface area (Å²) >= 11 is 0. The molecule has 2 aliphatic heterocycles. The molecule has 2 amide bonds. The molecule has 1 fully saturated rings. The SMILES string of the molecule is Nc1nc2nc3c1nc(O)n3Cc1ccc(-c3cc(C(=O)NCCCN4CCCC4=O)[nH]n3)c(c1)C/C=C/CCO2. The summed E-state index contributed by atoms with van der Waals surface area (Å²) in [7, 11) is 0. The number of aromatic nitrogens is 6. The monoisotopic (exact) mass is 557 g/mol. The van der Waals surface area contributed by atoms with Crippen LogP contribution in [0.4, 0.5) is 5.82 Å². The molecular formula is C28H31N9O4. The Kier molecular flexibility index (Phi) is 7.23.